The zero-order valence-corrected chi connectivity index (χ0v) is 11.6. The summed E-state index contributed by atoms with van der Waals surface area (Å²) in [6.07, 6.45) is 1.63. The molecule has 2 rings (SSSR count). The number of aromatic nitrogens is 2. The van der Waals surface area contributed by atoms with Gasteiger partial charge in [0.2, 0.25) is 11.8 Å². The minimum Gasteiger partial charge on any atom is -0.497 e. The van der Waals surface area contributed by atoms with Crippen LogP contribution in [0.3, 0.4) is 0 Å². The number of rotatable bonds is 4. The van der Waals surface area contributed by atoms with Gasteiger partial charge >= 0.3 is 0 Å². The fourth-order valence-corrected chi connectivity index (χ4v) is 1.59. The zero-order valence-electron chi connectivity index (χ0n) is 9.98. The number of hydrogen-bond acceptors (Lipinski definition) is 5. The summed E-state index contributed by atoms with van der Waals surface area (Å²) in [5.41, 5.74) is 0. The van der Waals surface area contributed by atoms with Gasteiger partial charge in [-0.05, 0) is 28.1 Å². The fraction of sp³-hybridized carbons (Fsp3) is 0.167. The second-order valence-electron chi connectivity index (χ2n) is 3.38. The first kappa shape index (κ1) is 12.6. The Bertz CT molecular complexity index is 549. The van der Waals surface area contributed by atoms with Crippen molar-refractivity contribution in [3.63, 3.8) is 0 Å². The van der Waals surface area contributed by atoms with E-state index in [-0.39, 0.29) is 0 Å². The summed E-state index contributed by atoms with van der Waals surface area (Å²) < 4.78 is 11.5. The summed E-state index contributed by atoms with van der Waals surface area (Å²) in [5.74, 6) is 2.32. The molecule has 0 aliphatic carbocycles. The van der Waals surface area contributed by atoms with Crippen LogP contribution >= 0.6 is 15.9 Å². The van der Waals surface area contributed by atoms with E-state index in [9.17, 15) is 0 Å². The molecular weight excluding hydrogens is 298 g/mol. The molecule has 1 aromatic carbocycles. The fourth-order valence-electron chi connectivity index (χ4n) is 1.32. The van der Waals surface area contributed by atoms with Crippen LogP contribution < -0.4 is 14.8 Å². The normalized spacial score (nSPS) is 9.94. The molecule has 0 amide bonds. The zero-order chi connectivity index (χ0) is 13.0. The number of nitrogens with zero attached hydrogens (tertiary/aromatic N) is 2. The molecule has 0 fully saturated rings. The van der Waals surface area contributed by atoms with Gasteiger partial charge in [0, 0.05) is 13.1 Å². The van der Waals surface area contributed by atoms with Crippen LogP contribution in [0.4, 0.5) is 5.95 Å². The van der Waals surface area contributed by atoms with Crippen LogP contribution in [-0.4, -0.2) is 24.1 Å². The molecule has 1 heterocycles. The molecule has 94 valence electrons. The van der Waals surface area contributed by atoms with Gasteiger partial charge < -0.3 is 14.8 Å². The number of anilines is 1. The summed E-state index contributed by atoms with van der Waals surface area (Å²) in [5, 5.41) is 2.86. The number of benzene rings is 1. The minimum atomic E-state index is 0.447. The highest BCUT2D eigenvalue weighted by Crippen LogP contribution is 2.29. The standard InChI is InChI=1S/C12H12BrN3O2/c1-14-12-15-7-10(13)11(16-12)18-9-5-3-4-8(6-9)17-2/h3-7H,1-2H3,(H,14,15,16). The Morgan fingerprint density at radius 2 is 2.06 bits per heavy atom. The molecule has 0 spiro atoms. The lowest BCUT2D eigenvalue weighted by Crippen LogP contribution is -1.98. The highest BCUT2D eigenvalue weighted by Gasteiger charge is 2.07. The van der Waals surface area contributed by atoms with Gasteiger partial charge in [0.05, 0.1) is 17.8 Å². The Balaban J connectivity index is 2.27. The topological polar surface area (TPSA) is 56.3 Å². The second-order valence-corrected chi connectivity index (χ2v) is 4.23. The lowest BCUT2D eigenvalue weighted by atomic mass is 10.3. The predicted octanol–water partition coefficient (Wildman–Crippen LogP) is 3.08. The third kappa shape index (κ3) is 2.89. The van der Waals surface area contributed by atoms with Crippen LogP contribution in [0, 0.1) is 0 Å². The first-order valence-electron chi connectivity index (χ1n) is 5.25. The van der Waals surface area contributed by atoms with Crippen molar-refractivity contribution in [3.05, 3.63) is 34.9 Å². The van der Waals surface area contributed by atoms with E-state index in [1.54, 1.807) is 26.4 Å². The molecule has 0 unspecified atom stereocenters. The average molecular weight is 310 g/mol. The van der Waals surface area contributed by atoms with Gasteiger partial charge in [-0.15, -0.1) is 0 Å². The van der Waals surface area contributed by atoms with Crippen LogP contribution in [0.25, 0.3) is 0 Å². The van der Waals surface area contributed by atoms with Gasteiger partial charge in [0.25, 0.3) is 0 Å². The van der Waals surface area contributed by atoms with E-state index in [4.69, 9.17) is 9.47 Å². The van der Waals surface area contributed by atoms with Crippen molar-refractivity contribution in [1.82, 2.24) is 9.97 Å². The maximum absolute atomic E-state index is 5.68. The van der Waals surface area contributed by atoms with Crippen LogP contribution in [0.5, 0.6) is 17.4 Å². The minimum absolute atomic E-state index is 0.447. The molecule has 0 saturated heterocycles. The van der Waals surface area contributed by atoms with Crippen molar-refractivity contribution in [3.8, 4) is 17.4 Å². The molecule has 0 aliphatic heterocycles. The van der Waals surface area contributed by atoms with Crippen molar-refractivity contribution < 1.29 is 9.47 Å². The molecule has 0 aliphatic rings. The van der Waals surface area contributed by atoms with E-state index in [2.05, 4.69) is 31.2 Å². The molecule has 5 nitrogen and oxygen atoms in total. The molecule has 1 N–H and O–H groups in total. The average Bonchev–Trinajstić information content (AvgIpc) is 2.41. The molecule has 6 heteroatoms. The smallest absolute Gasteiger partial charge is 0.238 e. The molecular formula is C12H12BrN3O2. The van der Waals surface area contributed by atoms with Gasteiger partial charge in [0.1, 0.15) is 11.5 Å². The van der Waals surface area contributed by atoms with Crippen molar-refractivity contribution in [2.24, 2.45) is 0 Å². The van der Waals surface area contributed by atoms with E-state index in [0.29, 0.717) is 22.1 Å². The van der Waals surface area contributed by atoms with Crippen molar-refractivity contribution >= 4 is 21.9 Å². The van der Waals surface area contributed by atoms with Gasteiger partial charge in [-0.25, -0.2) is 4.98 Å². The second kappa shape index (κ2) is 5.68. The molecule has 1 aromatic heterocycles. The van der Waals surface area contributed by atoms with Gasteiger partial charge in [-0.2, -0.15) is 4.98 Å². The van der Waals surface area contributed by atoms with E-state index in [0.717, 1.165) is 5.75 Å². The SMILES string of the molecule is CNc1ncc(Br)c(Oc2cccc(OC)c2)n1. The highest BCUT2D eigenvalue weighted by atomic mass is 79.9. The van der Waals surface area contributed by atoms with Crippen LogP contribution in [0.2, 0.25) is 0 Å². The van der Waals surface area contributed by atoms with Gasteiger partial charge in [-0.3, -0.25) is 0 Å². The van der Waals surface area contributed by atoms with E-state index < -0.39 is 0 Å². The summed E-state index contributed by atoms with van der Waals surface area (Å²) in [7, 11) is 3.36. The molecule has 0 bridgehead atoms. The van der Waals surface area contributed by atoms with Crippen LogP contribution in [0.15, 0.2) is 34.9 Å². The molecule has 2 aromatic rings. The number of ether oxygens (including phenoxy) is 2. The van der Waals surface area contributed by atoms with Crippen molar-refractivity contribution in [2.45, 2.75) is 0 Å². The predicted molar refractivity (Wildman–Crippen MR) is 72.3 cm³/mol. The van der Waals surface area contributed by atoms with Gasteiger partial charge in [-0.1, -0.05) is 6.07 Å². The van der Waals surface area contributed by atoms with E-state index in [1.807, 2.05) is 18.2 Å². The maximum atomic E-state index is 5.68. The lowest BCUT2D eigenvalue weighted by molar-refractivity contribution is 0.407. The Labute approximate surface area is 113 Å². The monoisotopic (exact) mass is 309 g/mol. The summed E-state index contributed by atoms with van der Waals surface area (Å²) in [4.78, 5) is 8.27. The first-order chi connectivity index (χ1) is 8.72. The number of methoxy groups -OCH3 is 1. The Morgan fingerprint density at radius 1 is 1.28 bits per heavy atom. The maximum Gasteiger partial charge on any atom is 0.238 e. The number of hydrogen-bond donors (Lipinski definition) is 1. The highest BCUT2D eigenvalue weighted by molar-refractivity contribution is 9.10. The third-order valence-electron chi connectivity index (χ3n) is 2.19. The lowest BCUT2D eigenvalue weighted by Gasteiger charge is -2.08. The van der Waals surface area contributed by atoms with Crippen LogP contribution in [-0.2, 0) is 0 Å². The van der Waals surface area contributed by atoms with Crippen molar-refractivity contribution in [1.29, 1.82) is 0 Å². The Hall–Kier alpha value is -1.82. The van der Waals surface area contributed by atoms with Crippen LogP contribution in [0.1, 0.15) is 0 Å². The van der Waals surface area contributed by atoms with Crippen molar-refractivity contribution in [2.75, 3.05) is 19.5 Å². The molecule has 0 atom stereocenters. The third-order valence-corrected chi connectivity index (χ3v) is 2.74. The number of halogens is 1. The quantitative estimate of drug-likeness (QED) is 0.940. The largest absolute Gasteiger partial charge is 0.497 e. The molecule has 0 radical (unpaired) electrons. The number of nitrogens with one attached hydrogen (secondary N) is 1. The Kier molecular flexibility index (Phi) is 3.99. The molecule has 18 heavy (non-hydrogen) atoms. The summed E-state index contributed by atoms with van der Waals surface area (Å²) >= 11 is 3.34. The molecule has 0 saturated carbocycles. The summed E-state index contributed by atoms with van der Waals surface area (Å²) in [6.45, 7) is 0. The summed E-state index contributed by atoms with van der Waals surface area (Å²) in [6, 6.07) is 7.31. The van der Waals surface area contributed by atoms with E-state index in [1.165, 1.54) is 0 Å². The Morgan fingerprint density at radius 3 is 2.78 bits per heavy atom. The first-order valence-corrected chi connectivity index (χ1v) is 6.04. The van der Waals surface area contributed by atoms with E-state index >= 15 is 0 Å². The van der Waals surface area contributed by atoms with Gasteiger partial charge in [0.15, 0.2) is 0 Å².